The molecule has 1 fully saturated rings. The number of aryl methyl sites for hydroxylation is 1. The lowest BCUT2D eigenvalue weighted by atomic mass is 9.87. The largest absolute Gasteiger partial charge is 0.370 e. The van der Waals surface area contributed by atoms with Crippen LogP contribution >= 0.6 is 0 Å². The predicted octanol–water partition coefficient (Wildman–Crippen LogP) is 3.77. The van der Waals surface area contributed by atoms with Gasteiger partial charge < -0.3 is 10.6 Å². The molecule has 1 aromatic rings. The summed E-state index contributed by atoms with van der Waals surface area (Å²) in [5.41, 5.74) is 1.14. The molecule has 1 aromatic heterocycles. The minimum absolute atomic E-state index is 0.569. The summed E-state index contributed by atoms with van der Waals surface area (Å²) >= 11 is 0. The van der Waals surface area contributed by atoms with Gasteiger partial charge in [-0.1, -0.05) is 13.8 Å². The van der Waals surface area contributed by atoms with E-state index in [1.54, 1.807) is 0 Å². The van der Waals surface area contributed by atoms with Crippen molar-refractivity contribution in [1.82, 2.24) is 9.97 Å². The van der Waals surface area contributed by atoms with Gasteiger partial charge >= 0.3 is 0 Å². The third-order valence-corrected chi connectivity index (χ3v) is 4.21. The molecule has 1 aliphatic carbocycles. The smallest absolute Gasteiger partial charge is 0.134 e. The Bertz CT molecular complexity index is 436. The first-order valence-electron chi connectivity index (χ1n) is 8.01. The first-order valence-corrected chi connectivity index (χ1v) is 8.01. The van der Waals surface area contributed by atoms with Crippen LogP contribution in [0.3, 0.4) is 0 Å². The van der Waals surface area contributed by atoms with Gasteiger partial charge in [0.2, 0.25) is 0 Å². The summed E-state index contributed by atoms with van der Waals surface area (Å²) in [5.74, 6) is 3.79. The second-order valence-electron chi connectivity index (χ2n) is 5.95. The minimum Gasteiger partial charge on any atom is -0.370 e. The van der Waals surface area contributed by atoms with Gasteiger partial charge in [-0.25, -0.2) is 9.97 Å². The maximum atomic E-state index is 4.68. The topological polar surface area (TPSA) is 49.8 Å². The highest BCUT2D eigenvalue weighted by molar-refractivity contribution is 5.57. The van der Waals surface area contributed by atoms with Crippen molar-refractivity contribution in [2.75, 3.05) is 17.2 Å². The molecule has 0 spiro atoms. The monoisotopic (exact) mass is 276 g/mol. The predicted molar refractivity (Wildman–Crippen MR) is 85.4 cm³/mol. The molecule has 0 unspecified atom stereocenters. The van der Waals surface area contributed by atoms with E-state index < -0.39 is 0 Å². The van der Waals surface area contributed by atoms with Crippen LogP contribution in [-0.4, -0.2) is 22.6 Å². The third-order valence-electron chi connectivity index (χ3n) is 4.21. The summed E-state index contributed by atoms with van der Waals surface area (Å²) < 4.78 is 0. The van der Waals surface area contributed by atoms with Gasteiger partial charge in [-0.2, -0.15) is 0 Å². The number of hydrogen-bond donors (Lipinski definition) is 2. The number of anilines is 2. The zero-order valence-corrected chi connectivity index (χ0v) is 13.3. The molecule has 1 aliphatic rings. The summed E-state index contributed by atoms with van der Waals surface area (Å²) in [4.78, 5) is 9.27. The molecule has 2 rings (SSSR count). The Balaban J connectivity index is 2.15. The van der Waals surface area contributed by atoms with Crippen LogP contribution in [0.1, 0.15) is 57.8 Å². The van der Waals surface area contributed by atoms with Crippen LogP contribution in [0.4, 0.5) is 11.6 Å². The van der Waals surface area contributed by atoms with Crippen molar-refractivity contribution in [2.45, 2.75) is 65.8 Å². The van der Waals surface area contributed by atoms with E-state index in [4.69, 9.17) is 0 Å². The van der Waals surface area contributed by atoms with Crippen molar-refractivity contribution in [3.63, 3.8) is 0 Å². The first-order chi connectivity index (χ1) is 9.63. The molecule has 1 saturated carbocycles. The molecular weight excluding hydrogens is 248 g/mol. The second-order valence-corrected chi connectivity index (χ2v) is 5.95. The quantitative estimate of drug-likeness (QED) is 0.859. The Morgan fingerprint density at radius 3 is 2.30 bits per heavy atom. The third kappa shape index (κ3) is 3.62. The van der Waals surface area contributed by atoms with Gasteiger partial charge in [-0.3, -0.25) is 0 Å². The van der Waals surface area contributed by atoms with Crippen LogP contribution in [0.2, 0.25) is 0 Å². The molecule has 0 amide bonds. The Kier molecular flexibility index (Phi) is 5.21. The average Bonchev–Trinajstić information content (AvgIpc) is 2.45. The Labute approximate surface area is 122 Å². The second kappa shape index (κ2) is 6.91. The summed E-state index contributed by atoms with van der Waals surface area (Å²) in [6, 6.07) is 0.569. The van der Waals surface area contributed by atoms with E-state index >= 15 is 0 Å². The molecule has 0 aromatic carbocycles. The Hall–Kier alpha value is -1.32. The van der Waals surface area contributed by atoms with Crippen LogP contribution in [-0.2, 0) is 6.42 Å². The van der Waals surface area contributed by atoms with E-state index in [2.05, 4.69) is 48.3 Å². The molecule has 0 saturated heterocycles. The highest BCUT2D eigenvalue weighted by Gasteiger charge is 2.20. The first kappa shape index (κ1) is 15.1. The van der Waals surface area contributed by atoms with Crippen molar-refractivity contribution in [2.24, 2.45) is 5.92 Å². The van der Waals surface area contributed by atoms with Gasteiger partial charge in [-0.05, 0) is 45.4 Å². The summed E-state index contributed by atoms with van der Waals surface area (Å²) in [6.07, 6.45) is 6.02. The van der Waals surface area contributed by atoms with Crippen LogP contribution < -0.4 is 10.6 Å². The number of rotatable bonds is 5. The standard InChI is InChI=1S/C16H28N4/c1-5-14-19-15(17-6-2)12(4)16(20-14)18-13-9-7-11(3)8-10-13/h11,13H,5-10H2,1-4H3,(H2,17,18,19,20). The van der Waals surface area contributed by atoms with Crippen molar-refractivity contribution >= 4 is 11.6 Å². The molecule has 1 heterocycles. The van der Waals surface area contributed by atoms with Gasteiger partial charge in [0.05, 0.1) is 0 Å². The van der Waals surface area contributed by atoms with E-state index in [0.29, 0.717) is 6.04 Å². The maximum absolute atomic E-state index is 4.68. The van der Waals surface area contributed by atoms with Crippen LogP contribution in [0.15, 0.2) is 0 Å². The Morgan fingerprint density at radius 1 is 1.05 bits per heavy atom. The van der Waals surface area contributed by atoms with Crippen LogP contribution in [0.25, 0.3) is 0 Å². The molecule has 0 bridgehead atoms. The van der Waals surface area contributed by atoms with Gasteiger partial charge in [-0.15, -0.1) is 0 Å². The molecular formula is C16H28N4. The number of hydrogen-bond acceptors (Lipinski definition) is 4. The molecule has 0 aliphatic heterocycles. The highest BCUT2D eigenvalue weighted by Crippen LogP contribution is 2.28. The summed E-state index contributed by atoms with van der Waals surface area (Å²) in [7, 11) is 0. The SMILES string of the molecule is CCNc1nc(CC)nc(NC2CCC(C)CC2)c1C. The van der Waals surface area contributed by atoms with Gasteiger partial charge in [0.25, 0.3) is 0 Å². The molecule has 112 valence electrons. The maximum Gasteiger partial charge on any atom is 0.134 e. The molecule has 4 heteroatoms. The summed E-state index contributed by atoms with van der Waals surface area (Å²) in [5, 5.41) is 7.00. The molecule has 0 atom stereocenters. The van der Waals surface area contributed by atoms with Gasteiger partial charge in [0.1, 0.15) is 17.5 Å². The van der Waals surface area contributed by atoms with Crippen molar-refractivity contribution in [3.8, 4) is 0 Å². The Morgan fingerprint density at radius 2 is 1.70 bits per heavy atom. The van der Waals surface area contributed by atoms with E-state index in [0.717, 1.165) is 41.9 Å². The van der Waals surface area contributed by atoms with Crippen LogP contribution in [0, 0.1) is 12.8 Å². The zero-order chi connectivity index (χ0) is 14.5. The van der Waals surface area contributed by atoms with E-state index in [9.17, 15) is 0 Å². The van der Waals surface area contributed by atoms with Crippen molar-refractivity contribution in [1.29, 1.82) is 0 Å². The lowest BCUT2D eigenvalue weighted by molar-refractivity contribution is 0.360. The van der Waals surface area contributed by atoms with Gasteiger partial charge in [0, 0.05) is 24.6 Å². The fraction of sp³-hybridized carbons (Fsp3) is 0.750. The van der Waals surface area contributed by atoms with Crippen molar-refractivity contribution in [3.05, 3.63) is 11.4 Å². The minimum atomic E-state index is 0.569. The summed E-state index contributed by atoms with van der Waals surface area (Å²) in [6.45, 7) is 9.55. The lowest BCUT2D eigenvalue weighted by Crippen LogP contribution is -2.26. The van der Waals surface area contributed by atoms with Gasteiger partial charge in [0.15, 0.2) is 0 Å². The lowest BCUT2D eigenvalue weighted by Gasteiger charge is -2.28. The van der Waals surface area contributed by atoms with Crippen LogP contribution in [0.5, 0.6) is 0 Å². The highest BCUT2D eigenvalue weighted by atomic mass is 15.1. The number of nitrogens with zero attached hydrogens (tertiary/aromatic N) is 2. The fourth-order valence-corrected chi connectivity index (χ4v) is 2.80. The fourth-order valence-electron chi connectivity index (χ4n) is 2.80. The number of aromatic nitrogens is 2. The van der Waals surface area contributed by atoms with E-state index in [1.165, 1.54) is 25.7 Å². The van der Waals surface area contributed by atoms with E-state index in [-0.39, 0.29) is 0 Å². The van der Waals surface area contributed by atoms with Crippen molar-refractivity contribution < 1.29 is 0 Å². The zero-order valence-electron chi connectivity index (χ0n) is 13.3. The molecule has 20 heavy (non-hydrogen) atoms. The average molecular weight is 276 g/mol. The molecule has 0 radical (unpaired) electrons. The van der Waals surface area contributed by atoms with E-state index in [1.807, 2.05) is 0 Å². The normalized spacial score (nSPS) is 22.6. The number of nitrogens with one attached hydrogen (secondary N) is 2. The molecule has 2 N–H and O–H groups in total. The molecule has 4 nitrogen and oxygen atoms in total.